The molecule has 0 saturated heterocycles. The summed E-state index contributed by atoms with van der Waals surface area (Å²) in [6.45, 7) is 0. The summed E-state index contributed by atoms with van der Waals surface area (Å²) in [5.74, 6) is 1.80. The summed E-state index contributed by atoms with van der Waals surface area (Å²) in [6.07, 6.45) is 0.689. The first-order chi connectivity index (χ1) is 8.74. The molecule has 0 saturated carbocycles. The van der Waals surface area contributed by atoms with E-state index in [0.717, 1.165) is 5.75 Å². The van der Waals surface area contributed by atoms with E-state index in [2.05, 4.69) is 0 Å². The van der Waals surface area contributed by atoms with Crippen molar-refractivity contribution in [1.29, 1.82) is 0 Å². The molecule has 0 atom stereocenters. The third-order valence-electron chi connectivity index (χ3n) is 2.50. The standard InChI is InChI=1S/C14H13NO3/c1-17-10-5-7-11(8-6-10)18-14-4-2-3-13(15)12(14)9-16/h2-9H,15H2,1H3. The molecule has 0 radical (unpaired) electrons. The smallest absolute Gasteiger partial charge is 0.155 e. The summed E-state index contributed by atoms with van der Waals surface area (Å²) < 4.78 is 10.7. The second-order valence-electron chi connectivity index (χ2n) is 3.65. The summed E-state index contributed by atoms with van der Waals surface area (Å²) in [7, 11) is 1.60. The molecule has 0 bridgehead atoms. The van der Waals surface area contributed by atoms with Crippen LogP contribution in [0.3, 0.4) is 0 Å². The van der Waals surface area contributed by atoms with Crippen LogP contribution in [0.5, 0.6) is 17.2 Å². The predicted octanol–water partition coefficient (Wildman–Crippen LogP) is 2.88. The summed E-state index contributed by atoms with van der Waals surface area (Å²) in [5.41, 5.74) is 6.45. The largest absolute Gasteiger partial charge is 0.497 e. The van der Waals surface area contributed by atoms with Gasteiger partial charge in [0.15, 0.2) is 6.29 Å². The van der Waals surface area contributed by atoms with Gasteiger partial charge in [0.2, 0.25) is 0 Å². The van der Waals surface area contributed by atoms with E-state index in [-0.39, 0.29) is 0 Å². The van der Waals surface area contributed by atoms with Crippen LogP contribution in [-0.4, -0.2) is 13.4 Å². The molecule has 0 aliphatic carbocycles. The van der Waals surface area contributed by atoms with Gasteiger partial charge in [-0.1, -0.05) is 6.07 Å². The Morgan fingerprint density at radius 3 is 2.33 bits per heavy atom. The number of nitrogens with two attached hydrogens (primary N) is 1. The lowest BCUT2D eigenvalue weighted by molar-refractivity contribution is 0.112. The van der Waals surface area contributed by atoms with Gasteiger partial charge in [0, 0.05) is 5.69 Å². The Kier molecular flexibility index (Phi) is 3.48. The fourth-order valence-corrected chi connectivity index (χ4v) is 1.55. The average Bonchev–Trinajstić information content (AvgIpc) is 2.40. The summed E-state index contributed by atoms with van der Waals surface area (Å²) in [5, 5.41) is 0. The van der Waals surface area contributed by atoms with Crippen molar-refractivity contribution >= 4 is 12.0 Å². The molecule has 0 heterocycles. The second kappa shape index (κ2) is 5.23. The lowest BCUT2D eigenvalue weighted by atomic mass is 10.2. The number of hydrogen-bond acceptors (Lipinski definition) is 4. The maximum absolute atomic E-state index is 11.0. The minimum Gasteiger partial charge on any atom is -0.497 e. The van der Waals surface area contributed by atoms with Crippen molar-refractivity contribution in [2.45, 2.75) is 0 Å². The van der Waals surface area contributed by atoms with Crippen LogP contribution in [0, 0.1) is 0 Å². The first kappa shape index (κ1) is 12.0. The number of carbonyl (C=O) groups excluding carboxylic acids is 1. The van der Waals surface area contributed by atoms with Crippen LogP contribution in [0.1, 0.15) is 10.4 Å². The molecule has 4 heteroatoms. The fourth-order valence-electron chi connectivity index (χ4n) is 1.55. The first-order valence-electron chi connectivity index (χ1n) is 5.40. The van der Waals surface area contributed by atoms with Gasteiger partial charge in [-0.25, -0.2) is 0 Å². The molecule has 2 aromatic rings. The summed E-state index contributed by atoms with van der Waals surface area (Å²) in [4.78, 5) is 11.0. The average molecular weight is 243 g/mol. The number of nitrogen functional groups attached to an aromatic ring is 1. The monoisotopic (exact) mass is 243 g/mol. The van der Waals surface area contributed by atoms with Crippen molar-refractivity contribution in [3.05, 3.63) is 48.0 Å². The minimum atomic E-state index is 0.355. The van der Waals surface area contributed by atoms with Crippen molar-refractivity contribution in [3.63, 3.8) is 0 Å². The Balaban J connectivity index is 2.28. The topological polar surface area (TPSA) is 61.6 Å². The molecule has 92 valence electrons. The van der Waals surface area contributed by atoms with E-state index >= 15 is 0 Å². The van der Waals surface area contributed by atoms with Gasteiger partial charge in [0.05, 0.1) is 12.7 Å². The molecular formula is C14H13NO3. The predicted molar refractivity (Wildman–Crippen MR) is 69.3 cm³/mol. The van der Waals surface area contributed by atoms with Gasteiger partial charge in [-0.15, -0.1) is 0 Å². The van der Waals surface area contributed by atoms with Crippen LogP contribution in [-0.2, 0) is 0 Å². The van der Waals surface area contributed by atoms with Crippen molar-refractivity contribution in [3.8, 4) is 17.2 Å². The van der Waals surface area contributed by atoms with Crippen LogP contribution in [0.2, 0.25) is 0 Å². The van der Waals surface area contributed by atoms with Crippen LogP contribution in [0.15, 0.2) is 42.5 Å². The zero-order valence-corrected chi connectivity index (χ0v) is 9.92. The molecule has 2 N–H and O–H groups in total. The number of hydrogen-bond donors (Lipinski definition) is 1. The maximum Gasteiger partial charge on any atom is 0.155 e. The molecule has 2 aromatic carbocycles. The van der Waals surface area contributed by atoms with E-state index in [4.69, 9.17) is 15.2 Å². The van der Waals surface area contributed by atoms with Gasteiger partial charge >= 0.3 is 0 Å². The number of anilines is 1. The molecule has 0 spiro atoms. The van der Waals surface area contributed by atoms with Crippen LogP contribution in [0.4, 0.5) is 5.69 Å². The third kappa shape index (κ3) is 2.43. The Labute approximate surface area is 105 Å². The number of rotatable bonds is 4. The quantitative estimate of drug-likeness (QED) is 0.662. The Morgan fingerprint density at radius 1 is 1.06 bits per heavy atom. The Hall–Kier alpha value is -2.49. The first-order valence-corrected chi connectivity index (χ1v) is 5.40. The molecule has 2 rings (SSSR count). The summed E-state index contributed by atoms with van der Waals surface area (Å²) >= 11 is 0. The Morgan fingerprint density at radius 2 is 1.72 bits per heavy atom. The SMILES string of the molecule is COc1ccc(Oc2cccc(N)c2C=O)cc1. The highest BCUT2D eigenvalue weighted by Gasteiger charge is 2.07. The van der Waals surface area contributed by atoms with Gasteiger partial charge < -0.3 is 15.2 Å². The molecule has 0 aliphatic heterocycles. The van der Waals surface area contributed by atoms with E-state index in [0.29, 0.717) is 29.0 Å². The number of aldehydes is 1. The van der Waals surface area contributed by atoms with Crippen LogP contribution in [0.25, 0.3) is 0 Å². The van der Waals surface area contributed by atoms with Gasteiger partial charge in [0.1, 0.15) is 17.2 Å². The maximum atomic E-state index is 11.0. The molecule has 0 unspecified atom stereocenters. The molecule has 0 fully saturated rings. The van der Waals surface area contributed by atoms with Gasteiger partial charge in [0.25, 0.3) is 0 Å². The lowest BCUT2D eigenvalue weighted by Gasteiger charge is -2.09. The molecule has 0 aromatic heterocycles. The van der Waals surface area contributed by atoms with Gasteiger partial charge in [-0.05, 0) is 36.4 Å². The normalized spacial score (nSPS) is 9.83. The number of methoxy groups -OCH3 is 1. The number of benzene rings is 2. The highest BCUT2D eigenvalue weighted by molar-refractivity contribution is 5.87. The zero-order valence-electron chi connectivity index (χ0n) is 9.92. The van der Waals surface area contributed by atoms with E-state index < -0.39 is 0 Å². The third-order valence-corrected chi connectivity index (χ3v) is 2.50. The highest BCUT2D eigenvalue weighted by atomic mass is 16.5. The lowest BCUT2D eigenvalue weighted by Crippen LogP contribution is -1.96. The highest BCUT2D eigenvalue weighted by Crippen LogP contribution is 2.28. The summed E-state index contributed by atoms with van der Waals surface area (Å²) in [6, 6.07) is 12.2. The van der Waals surface area contributed by atoms with E-state index in [1.54, 1.807) is 49.6 Å². The zero-order chi connectivity index (χ0) is 13.0. The van der Waals surface area contributed by atoms with Gasteiger partial charge in [-0.2, -0.15) is 0 Å². The molecule has 18 heavy (non-hydrogen) atoms. The number of carbonyl (C=O) groups is 1. The fraction of sp³-hybridized carbons (Fsp3) is 0.0714. The van der Waals surface area contributed by atoms with E-state index in [9.17, 15) is 4.79 Å². The van der Waals surface area contributed by atoms with Crippen LogP contribution < -0.4 is 15.2 Å². The van der Waals surface area contributed by atoms with E-state index in [1.807, 2.05) is 0 Å². The van der Waals surface area contributed by atoms with Gasteiger partial charge in [-0.3, -0.25) is 4.79 Å². The minimum absolute atomic E-state index is 0.355. The van der Waals surface area contributed by atoms with Crippen molar-refractivity contribution in [2.75, 3.05) is 12.8 Å². The molecule has 0 aliphatic rings. The second-order valence-corrected chi connectivity index (χ2v) is 3.65. The Bertz CT molecular complexity index is 549. The van der Waals surface area contributed by atoms with Crippen molar-refractivity contribution in [2.24, 2.45) is 0 Å². The molecule has 4 nitrogen and oxygen atoms in total. The molecule has 0 amide bonds. The van der Waals surface area contributed by atoms with Crippen LogP contribution >= 0.6 is 0 Å². The number of ether oxygens (including phenoxy) is 2. The van der Waals surface area contributed by atoms with Crippen molar-refractivity contribution < 1.29 is 14.3 Å². The van der Waals surface area contributed by atoms with Crippen molar-refractivity contribution in [1.82, 2.24) is 0 Å². The molecular weight excluding hydrogens is 230 g/mol. The van der Waals surface area contributed by atoms with E-state index in [1.165, 1.54) is 0 Å².